The molecule has 0 bridgehead atoms. The fourth-order valence-electron chi connectivity index (χ4n) is 2.80. The minimum atomic E-state index is -4.35. The molecule has 0 fully saturated rings. The van der Waals surface area contributed by atoms with Crippen molar-refractivity contribution in [1.29, 1.82) is 0 Å². The van der Waals surface area contributed by atoms with Gasteiger partial charge in [-0.05, 0) is 25.0 Å². The largest absolute Gasteiger partial charge is 0.469 e. The van der Waals surface area contributed by atoms with Gasteiger partial charge in [0, 0.05) is 28.4 Å². The summed E-state index contributed by atoms with van der Waals surface area (Å²) in [6.07, 6.45) is 1.40. The molecule has 0 amide bonds. The van der Waals surface area contributed by atoms with Crippen LogP contribution in [0.3, 0.4) is 0 Å². The molecule has 1 aromatic heterocycles. The molecule has 0 aliphatic carbocycles. The molecular formula is C16H18NO4P. The third-order valence-corrected chi connectivity index (χ3v) is 4.23. The smallest absolute Gasteiger partial charge is 0.340 e. The Morgan fingerprint density at radius 3 is 2.00 bits per heavy atom. The van der Waals surface area contributed by atoms with Gasteiger partial charge in [0.25, 0.3) is 0 Å². The number of unbranched alkanes of at least 4 members (excludes halogenated alkanes) is 1. The van der Waals surface area contributed by atoms with Crippen molar-refractivity contribution in [2.75, 3.05) is 6.61 Å². The number of rotatable bonds is 6. The Balaban J connectivity index is 1.79. The van der Waals surface area contributed by atoms with E-state index in [2.05, 4.69) is 33.4 Å². The number of aryl methyl sites for hydroxylation is 1. The highest BCUT2D eigenvalue weighted by molar-refractivity contribution is 7.46. The molecule has 3 rings (SSSR count). The molecule has 2 aromatic carbocycles. The molecule has 0 saturated heterocycles. The second kappa shape index (κ2) is 6.23. The standard InChI is InChI=1S/C16H18NO4P/c18-22(19,20)21-12-6-5-11-17-15-9-3-1-7-13(15)14-8-2-4-10-16(14)17/h1-4,7-10H,5-6,11-12H2,(H2,18,19,20). The predicted molar refractivity (Wildman–Crippen MR) is 86.7 cm³/mol. The van der Waals surface area contributed by atoms with Crippen molar-refractivity contribution in [1.82, 2.24) is 4.57 Å². The number of hydrogen-bond acceptors (Lipinski definition) is 2. The molecule has 116 valence electrons. The Morgan fingerprint density at radius 1 is 0.909 bits per heavy atom. The lowest BCUT2D eigenvalue weighted by molar-refractivity contribution is 0.193. The lowest BCUT2D eigenvalue weighted by Gasteiger charge is -2.08. The molecule has 0 radical (unpaired) electrons. The zero-order chi connectivity index (χ0) is 15.6. The van der Waals surface area contributed by atoms with Crippen molar-refractivity contribution >= 4 is 29.6 Å². The number of fused-ring (bicyclic) bond motifs is 3. The monoisotopic (exact) mass is 319 g/mol. The average molecular weight is 319 g/mol. The molecule has 0 aliphatic rings. The third-order valence-electron chi connectivity index (χ3n) is 3.72. The number of phosphoric acid groups is 1. The Hall–Kier alpha value is -1.65. The van der Waals surface area contributed by atoms with Crippen LogP contribution in [0, 0.1) is 0 Å². The van der Waals surface area contributed by atoms with E-state index in [0.717, 1.165) is 13.0 Å². The van der Waals surface area contributed by atoms with Gasteiger partial charge in [0.1, 0.15) is 0 Å². The van der Waals surface area contributed by atoms with E-state index in [0.29, 0.717) is 6.42 Å². The van der Waals surface area contributed by atoms with Crippen molar-refractivity contribution in [3.8, 4) is 0 Å². The highest BCUT2D eigenvalue weighted by atomic mass is 31.2. The van der Waals surface area contributed by atoms with Crippen molar-refractivity contribution in [2.24, 2.45) is 0 Å². The van der Waals surface area contributed by atoms with Gasteiger partial charge in [-0.1, -0.05) is 36.4 Å². The summed E-state index contributed by atoms with van der Waals surface area (Å²) < 4.78 is 17.4. The van der Waals surface area contributed by atoms with Crippen LogP contribution in [0.25, 0.3) is 21.8 Å². The Kier molecular flexibility index (Phi) is 4.32. The highest BCUT2D eigenvalue weighted by Gasteiger charge is 2.13. The van der Waals surface area contributed by atoms with E-state index in [4.69, 9.17) is 9.79 Å². The number of aromatic nitrogens is 1. The molecule has 5 nitrogen and oxygen atoms in total. The van der Waals surface area contributed by atoms with E-state index >= 15 is 0 Å². The zero-order valence-corrected chi connectivity index (χ0v) is 12.9. The fourth-order valence-corrected chi connectivity index (χ4v) is 3.17. The van der Waals surface area contributed by atoms with Crippen LogP contribution in [-0.4, -0.2) is 21.0 Å². The Morgan fingerprint density at radius 2 is 1.45 bits per heavy atom. The highest BCUT2D eigenvalue weighted by Crippen LogP contribution is 2.36. The summed E-state index contributed by atoms with van der Waals surface area (Å²) in [4.78, 5) is 17.3. The molecule has 0 atom stereocenters. The van der Waals surface area contributed by atoms with Crippen LogP contribution in [0.1, 0.15) is 12.8 Å². The maximum atomic E-state index is 10.6. The molecule has 2 N–H and O–H groups in total. The van der Waals surface area contributed by atoms with Crippen molar-refractivity contribution in [2.45, 2.75) is 19.4 Å². The summed E-state index contributed by atoms with van der Waals surface area (Å²) in [6.45, 7) is 0.861. The van der Waals surface area contributed by atoms with Crippen molar-refractivity contribution in [3.63, 3.8) is 0 Å². The van der Waals surface area contributed by atoms with Gasteiger partial charge < -0.3 is 14.4 Å². The van der Waals surface area contributed by atoms with Gasteiger partial charge in [0.15, 0.2) is 0 Å². The first kappa shape index (κ1) is 15.3. The summed E-state index contributed by atoms with van der Waals surface area (Å²) in [6, 6.07) is 16.5. The maximum absolute atomic E-state index is 10.6. The molecule has 0 saturated carbocycles. The fraction of sp³-hybridized carbons (Fsp3) is 0.250. The summed E-state index contributed by atoms with van der Waals surface area (Å²) in [5.74, 6) is 0. The van der Waals surface area contributed by atoms with E-state index in [1.165, 1.54) is 21.8 Å². The summed E-state index contributed by atoms with van der Waals surface area (Å²) >= 11 is 0. The van der Waals surface area contributed by atoms with Crippen molar-refractivity contribution < 1.29 is 18.9 Å². The molecule has 6 heteroatoms. The van der Waals surface area contributed by atoms with Crippen LogP contribution in [-0.2, 0) is 15.6 Å². The molecule has 3 aromatic rings. The number of phosphoric ester groups is 1. The number of nitrogens with zero attached hydrogens (tertiary/aromatic N) is 1. The van der Waals surface area contributed by atoms with Crippen LogP contribution in [0.2, 0.25) is 0 Å². The molecule has 0 aliphatic heterocycles. The molecule has 22 heavy (non-hydrogen) atoms. The van der Waals surface area contributed by atoms with Gasteiger partial charge in [0.05, 0.1) is 6.61 Å². The first-order valence-corrected chi connectivity index (χ1v) is 8.75. The average Bonchev–Trinajstić information content (AvgIpc) is 2.81. The summed E-state index contributed by atoms with van der Waals surface area (Å²) in [5.41, 5.74) is 2.36. The predicted octanol–water partition coefficient (Wildman–Crippen LogP) is 3.68. The SMILES string of the molecule is O=P(O)(O)OCCCCn1c2ccccc2c2ccccc21. The van der Waals surface area contributed by atoms with Crippen LogP contribution in [0.5, 0.6) is 0 Å². The van der Waals surface area contributed by atoms with Gasteiger partial charge in [-0.15, -0.1) is 0 Å². The van der Waals surface area contributed by atoms with Gasteiger partial charge in [-0.25, -0.2) is 4.57 Å². The first-order valence-electron chi connectivity index (χ1n) is 7.22. The van der Waals surface area contributed by atoms with Gasteiger partial charge in [0.2, 0.25) is 0 Å². The van der Waals surface area contributed by atoms with E-state index in [1.807, 2.05) is 24.3 Å². The number of hydrogen-bond donors (Lipinski definition) is 2. The molecular weight excluding hydrogens is 301 g/mol. The maximum Gasteiger partial charge on any atom is 0.469 e. The van der Waals surface area contributed by atoms with Gasteiger partial charge in [-0.2, -0.15) is 0 Å². The normalized spacial score (nSPS) is 12.3. The van der Waals surface area contributed by atoms with E-state index in [9.17, 15) is 4.57 Å². The van der Waals surface area contributed by atoms with E-state index in [-0.39, 0.29) is 6.61 Å². The number of benzene rings is 2. The second-order valence-electron chi connectivity index (χ2n) is 5.22. The summed E-state index contributed by atoms with van der Waals surface area (Å²) in [7, 11) is -4.35. The van der Waals surface area contributed by atoms with Crippen molar-refractivity contribution in [3.05, 3.63) is 48.5 Å². The summed E-state index contributed by atoms with van der Waals surface area (Å²) in [5, 5.41) is 2.45. The first-order chi connectivity index (χ1) is 10.6. The lowest BCUT2D eigenvalue weighted by atomic mass is 10.2. The minimum absolute atomic E-state index is 0.0708. The molecule has 1 heterocycles. The lowest BCUT2D eigenvalue weighted by Crippen LogP contribution is -2.00. The topological polar surface area (TPSA) is 71.7 Å². The zero-order valence-electron chi connectivity index (χ0n) is 12.1. The molecule has 0 unspecified atom stereocenters. The number of para-hydroxylation sites is 2. The van der Waals surface area contributed by atoms with Crippen LogP contribution >= 0.6 is 7.82 Å². The third kappa shape index (κ3) is 3.23. The van der Waals surface area contributed by atoms with Crippen LogP contribution < -0.4 is 0 Å². The molecule has 0 spiro atoms. The van der Waals surface area contributed by atoms with Crippen LogP contribution in [0.4, 0.5) is 0 Å². The van der Waals surface area contributed by atoms with Crippen LogP contribution in [0.15, 0.2) is 48.5 Å². The Bertz CT molecular complexity index is 783. The minimum Gasteiger partial charge on any atom is -0.340 e. The van der Waals surface area contributed by atoms with E-state index < -0.39 is 7.82 Å². The quantitative estimate of drug-likeness (QED) is 0.537. The van der Waals surface area contributed by atoms with Gasteiger partial charge in [-0.3, -0.25) is 4.52 Å². The van der Waals surface area contributed by atoms with E-state index in [1.54, 1.807) is 0 Å². The van der Waals surface area contributed by atoms with Gasteiger partial charge >= 0.3 is 7.82 Å². The Labute approximate surface area is 128 Å². The second-order valence-corrected chi connectivity index (χ2v) is 6.46.